The molecule has 5 heteroatoms. The van der Waals surface area contributed by atoms with Crippen LogP contribution in [0.1, 0.15) is 16.1 Å². The molecular formula is C21H22N2O3. The van der Waals surface area contributed by atoms with Crippen LogP contribution < -0.4 is 4.74 Å². The second-order valence-electron chi connectivity index (χ2n) is 6.56. The summed E-state index contributed by atoms with van der Waals surface area (Å²) in [6.07, 6.45) is 0. The molecule has 1 aromatic heterocycles. The average molecular weight is 350 g/mol. The van der Waals surface area contributed by atoms with Crippen LogP contribution >= 0.6 is 0 Å². The van der Waals surface area contributed by atoms with Crippen molar-refractivity contribution in [1.29, 1.82) is 0 Å². The lowest BCUT2D eigenvalue weighted by Crippen LogP contribution is -2.48. The number of rotatable bonds is 4. The molecule has 2 aromatic carbocycles. The summed E-state index contributed by atoms with van der Waals surface area (Å²) in [6.45, 7) is 4.03. The molecule has 4 rings (SSSR count). The van der Waals surface area contributed by atoms with Crippen molar-refractivity contribution >= 4 is 16.9 Å². The highest BCUT2D eigenvalue weighted by Gasteiger charge is 2.24. The molecule has 2 heterocycles. The molecule has 0 unspecified atom stereocenters. The third-order valence-electron chi connectivity index (χ3n) is 4.86. The highest BCUT2D eigenvalue weighted by Crippen LogP contribution is 2.21. The summed E-state index contributed by atoms with van der Waals surface area (Å²) in [4.78, 5) is 16.9. The Morgan fingerprint density at radius 3 is 2.46 bits per heavy atom. The topological polar surface area (TPSA) is 45.9 Å². The van der Waals surface area contributed by atoms with Gasteiger partial charge in [-0.25, -0.2) is 0 Å². The normalized spacial score (nSPS) is 15.3. The molecule has 0 atom stereocenters. The lowest BCUT2D eigenvalue weighted by Gasteiger charge is -2.34. The summed E-state index contributed by atoms with van der Waals surface area (Å²) in [5.74, 6) is 1.27. The second kappa shape index (κ2) is 7.22. The van der Waals surface area contributed by atoms with E-state index in [4.69, 9.17) is 9.15 Å². The molecule has 1 saturated heterocycles. The number of methoxy groups -OCH3 is 1. The van der Waals surface area contributed by atoms with Crippen molar-refractivity contribution in [3.63, 3.8) is 0 Å². The predicted molar refractivity (Wildman–Crippen MR) is 100 cm³/mol. The maximum Gasteiger partial charge on any atom is 0.289 e. The Hall–Kier alpha value is -2.79. The van der Waals surface area contributed by atoms with Gasteiger partial charge in [0.1, 0.15) is 11.3 Å². The lowest BCUT2D eigenvalue weighted by atomic mass is 10.2. The van der Waals surface area contributed by atoms with Crippen LogP contribution in [0.4, 0.5) is 0 Å². The summed E-state index contributed by atoms with van der Waals surface area (Å²) in [5.41, 5.74) is 2.01. The molecule has 1 aliphatic heterocycles. The number of benzene rings is 2. The monoisotopic (exact) mass is 350 g/mol. The zero-order chi connectivity index (χ0) is 17.9. The summed E-state index contributed by atoms with van der Waals surface area (Å²) in [5, 5.41) is 0.967. The van der Waals surface area contributed by atoms with E-state index in [1.54, 1.807) is 7.11 Å². The van der Waals surface area contributed by atoms with E-state index in [0.29, 0.717) is 18.8 Å². The summed E-state index contributed by atoms with van der Waals surface area (Å²) >= 11 is 0. The number of hydrogen-bond donors (Lipinski definition) is 0. The van der Waals surface area contributed by atoms with Crippen molar-refractivity contribution in [2.75, 3.05) is 33.3 Å². The Balaban J connectivity index is 1.35. The molecule has 0 saturated carbocycles. The number of ether oxygens (including phenoxy) is 1. The van der Waals surface area contributed by atoms with Gasteiger partial charge in [0.05, 0.1) is 7.11 Å². The van der Waals surface area contributed by atoms with Crippen LogP contribution in [0.25, 0.3) is 11.0 Å². The van der Waals surface area contributed by atoms with Crippen LogP contribution in [0, 0.1) is 0 Å². The van der Waals surface area contributed by atoms with Crippen molar-refractivity contribution in [2.45, 2.75) is 6.54 Å². The van der Waals surface area contributed by atoms with Gasteiger partial charge in [-0.05, 0) is 29.8 Å². The fraction of sp³-hybridized carbons (Fsp3) is 0.286. The SMILES string of the molecule is COc1ccc(CN2CCN(C(=O)c3cc4ccccc4o3)CC2)cc1. The Morgan fingerprint density at radius 1 is 1.04 bits per heavy atom. The van der Waals surface area contributed by atoms with Crippen LogP contribution in [0.5, 0.6) is 5.75 Å². The zero-order valence-electron chi connectivity index (χ0n) is 14.9. The van der Waals surface area contributed by atoms with E-state index in [1.165, 1.54) is 5.56 Å². The van der Waals surface area contributed by atoms with E-state index in [0.717, 1.165) is 36.4 Å². The maximum absolute atomic E-state index is 12.7. The Labute approximate surface area is 152 Å². The Bertz CT molecular complexity index is 860. The molecule has 0 aliphatic carbocycles. The van der Waals surface area contributed by atoms with Crippen molar-refractivity contribution in [3.05, 3.63) is 65.9 Å². The van der Waals surface area contributed by atoms with Crippen molar-refractivity contribution in [2.24, 2.45) is 0 Å². The first-order valence-corrected chi connectivity index (χ1v) is 8.86. The fourth-order valence-electron chi connectivity index (χ4n) is 3.34. The number of amides is 1. The van der Waals surface area contributed by atoms with Crippen LogP contribution in [-0.2, 0) is 6.54 Å². The van der Waals surface area contributed by atoms with Gasteiger partial charge in [0.2, 0.25) is 0 Å². The number of fused-ring (bicyclic) bond motifs is 1. The molecule has 1 amide bonds. The molecule has 134 valence electrons. The van der Waals surface area contributed by atoms with Gasteiger partial charge in [-0.3, -0.25) is 9.69 Å². The number of carbonyl (C=O) groups excluding carboxylic acids is 1. The molecule has 1 aliphatic rings. The van der Waals surface area contributed by atoms with Gasteiger partial charge in [-0.2, -0.15) is 0 Å². The summed E-state index contributed by atoms with van der Waals surface area (Å²) < 4.78 is 10.9. The highest BCUT2D eigenvalue weighted by molar-refractivity contribution is 5.96. The molecule has 3 aromatic rings. The van der Waals surface area contributed by atoms with Crippen molar-refractivity contribution in [1.82, 2.24) is 9.80 Å². The number of carbonyl (C=O) groups is 1. The third-order valence-corrected chi connectivity index (χ3v) is 4.86. The third kappa shape index (κ3) is 3.44. The average Bonchev–Trinajstić information content (AvgIpc) is 3.13. The maximum atomic E-state index is 12.7. The van der Waals surface area contributed by atoms with E-state index < -0.39 is 0 Å². The van der Waals surface area contributed by atoms with Crippen LogP contribution in [0.3, 0.4) is 0 Å². The molecule has 5 nitrogen and oxygen atoms in total. The first kappa shape index (κ1) is 16.7. The van der Waals surface area contributed by atoms with Crippen LogP contribution in [-0.4, -0.2) is 49.0 Å². The van der Waals surface area contributed by atoms with Gasteiger partial charge in [-0.15, -0.1) is 0 Å². The molecule has 0 N–H and O–H groups in total. The molecule has 0 bridgehead atoms. The van der Waals surface area contributed by atoms with Crippen LogP contribution in [0.2, 0.25) is 0 Å². The first-order valence-electron chi connectivity index (χ1n) is 8.86. The minimum atomic E-state index is -0.0229. The number of hydrogen-bond acceptors (Lipinski definition) is 4. The fourth-order valence-corrected chi connectivity index (χ4v) is 3.34. The smallest absolute Gasteiger partial charge is 0.289 e. The van der Waals surface area contributed by atoms with Crippen LogP contribution in [0.15, 0.2) is 59.0 Å². The predicted octanol–water partition coefficient (Wildman–Crippen LogP) is 3.40. The number of furan rings is 1. The zero-order valence-corrected chi connectivity index (χ0v) is 14.9. The first-order chi connectivity index (χ1) is 12.7. The Morgan fingerprint density at radius 2 is 1.77 bits per heavy atom. The van der Waals surface area contributed by atoms with Gasteiger partial charge in [0.25, 0.3) is 5.91 Å². The van der Waals surface area contributed by atoms with Gasteiger partial charge in [0, 0.05) is 38.1 Å². The summed E-state index contributed by atoms with van der Waals surface area (Å²) in [7, 11) is 1.67. The summed E-state index contributed by atoms with van der Waals surface area (Å²) in [6, 6.07) is 17.7. The second-order valence-corrected chi connectivity index (χ2v) is 6.56. The van der Waals surface area contributed by atoms with E-state index in [1.807, 2.05) is 47.4 Å². The molecule has 0 spiro atoms. The molecule has 1 fully saturated rings. The van der Waals surface area contributed by atoms with Crippen molar-refractivity contribution in [3.8, 4) is 5.75 Å². The van der Waals surface area contributed by atoms with E-state index in [9.17, 15) is 4.79 Å². The number of para-hydroxylation sites is 1. The van der Waals surface area contributed by atoms with Gasteiger partial charge < -0.3 is 14.1 Å². The minimum absolute atomic E-state index is 0.0229. The van der Waals surface area contributed by atoms with Gasteiger partial charge >= 0.3 is 0 Å². The quantitative estimate of drug-likeness (QED) is 0.723. The van der Waals surface area contributed by atoms with E-state index in [-0.39, 0.29) is 5.91 Å². The van der Waals surface area contributed by atoms with Gasteiger partial charge in [0.15, 0.2) is 5.76 Å². The minimum Gasteiger partial charge on any atom is -0.497 e. The molecule has 26 heavy (non-hydrogen) atoms. The molecular weight excluding hydrogens is 328 g/mol. The number of nitrogens with zero attached hydrogens (tertiary/aromatic N) is 2. The number of piperazine rings is 1. The lowest BCUT2D eigenvalue weighted by molar-refractivity contribution is 0.0600. The molecule has 0 radical (unpaired) electrons. The standard InChI is InChI=1S/C21H22N2O3/c1-25-18-8-6-16(7-9-18)15-22-10-12-23(13-11-22)21(24)20-14-17-4-2-3-5-19(17)26-20/h2-9,14H,10-13,15H2,1H3. The Kier molecular flexibility index (Phi) is 4.63. The highest BCUT2D eigenvalue weighted by atomic mass is 16.5. The van der Waals surface area contributed by atoms with Crippen molar-refractivity contribution < 1.29 is 13.9 Å². The van der Waals surface area contributed by atoms with E-state index in [2.05, 4.69) is 17.0 Å². The largest absolute Gasteiger partial charge is 0.497 e. The van der Waals surface area contributed by atoms with E-state index >= 15 is 0 Å². The van der Waals surface area contributed by atoms with Gasteiger partial charge in [-0.1, -0.05) is 30.3 Å².